The van der Waals surface area contributed by atoms with E-state index in [0.29, 0.717) is 11.3 Å². The maximum Gasteiger partial charge on any atom is 0.328 e. The van der Waals surface area contributed by atoms with Crippen molar-refractivity contribution in [2.75, 3.05) is 0 Å². The maximum absolute atomic E-state index is 13.4. The lowest BCUT2D eigenvalue weighted by atomic mass is 10.1. The third-order valence-electron chi connectivity index (χ3n) is 4.48. The first-order valence-electron chi connectivity index (χ1n) is 7.73. The number of rotatable bonds is 3. The molecule has 6 nitrogen and oxygen atoms in total. The summed E-state index contributed by atoms with van der Waals surface area (Å²) < 4.78 is 14.8. The molecule has 4 rings (SSSR count). The van der Waals surface area contributed by atoms with Crippen LogP contribution in [0, 0.1) is 17.1 Å². The lowest BCUT2D eigenvalue weighted by Gasteiger charge is -2.05. The Kier molecular flexibility index (Phi) is 3.39. The second-order valence-corrected chi connectivity index (χ2v) is 6.01. The van der Waals surface area contributed by atoms with Crippen LogP contribution in [0.5, 0.6) is 5.88 Å². The zero-order valence-electron chi connectivity index (χ0n) is 13.0. The van der Waals surface area contributed by atoms with Crippen LogP contribution in [0.25, 0.3) is 11.3 Å². The monoisotopic (exact) mass is 336 g/mol. The number of hydrogen-bond acceptors (Lipinski definition) is 4. The van der Waals surface area contributed by atoms with Gasteiger partial charge in [0.25, 0.3) is 0 Å². The highest BCUT2D eigenvalue weighted by Gasteiger charge is 2.42. The summed E-state index contributed by atoms with van der Waals surface area (Å²) in [6.07, 6.45) is 3.74. The Balaban J connectivity index is 1.58. The van der Waals surface area contributed by atoms with Gasteiger partial charge in [0.05, 0.1) is 17.5 Å². The van der Waals surface area contributed by atoms with Crippen molar-refractivity contribution in [2.45, 2.75) is 18.4 Å². The molecule has 0 unspecified atom stereocenters. The van der Waals surface area contributed by atoms with Crippen LogP contribution in [-0.4, -0.2) is 19.6 Å². The molecule has 124 valence electrons. The fourth-order valence-electron chi connectivity index (χ4n) is 3.08. The summed E-state index contributed by atoms with van der Waals surface area (Å²) in [5, 5.41) is 18.6. The van der Waals surface area contributed by atoms with Gasteiger partial charge in [-0.3, -0.25) is 9.55 Å². The van der Waals surface area contributed by atoms with Gasteiger partial charge in [-0.1, -0.05) is 6.07 Å². The number of pyridine rings is 1. The third-order valence-corrected chi connectivity index (χ3v) is 4.48. The number of aromatic nitrogens is 3. The highest BCUT2D eigenvalue weighted by molar-refractivity contribution is 5.61. The third kappa shape index (κ3) is 2.58. The highest BCUT2D eigenvalue weighted by atomic mass is 19.1. The summed E-state index contributed by atoms with van der Waals surface area (Å²) >= 11 is 0. The fourth-order valence-corrected chi connectivity index (χ4v) is 3.08. The smallest absolute Gasteiger partial charge is 0.328 e. The Labute approximate surface area is 141 Å². The first-order valence-corrected chi connectivity index (χ1v) is 7.73. The van der Waals surface area contributed by atoms with Crippen LogP contribution in [0.3, 0.4) is 0 Å². The predicted octanol–water partition coefficient (Wildman–Crippen LogP) is 2.68. The lowest BCUT2D eigenvalue weighted by molar-refractivity contribution is 0.413. The topological polar surface area (TPSA) is 94.7 Å². The highest BCUT2D eigenvalue weighted by Crippen LogP contribution is 2.51. The molecule has 0 spiro atoms. The van der Waals surface area contributed by atoms with E-state index in [1.807, 2.05) is 12.1 Å². The number of nitriles is 1. The number of nitrogens with zero attached hydrogens (tertiary/aromatic N) is 3. The van der Waals surface area contributed by atoms with E-state index in [4.69, 9.17) is 5.26 Å². The van der Waals surface area contributed by atoms with E-state index in [1.54, 1.807) is 18.3 Å². The number of H-pyrrole nitrogens is 1. The van der Waals surface area contributed by atoms with Gasteiger partial charge in [-0.05, 0) is 36.2 Å². The van der Waals surface area contributed by atoms with Crippen LogP contribution >= 0.6 is 0 Å². The first kappa shape index (κ1) is 15.1. The largest absolute Gasteiger partial charge is 0.493 e. The number of aromatic hydroxyl groups is 1. The summed E-state index contributed by atoms with van der Waals surface area (Å²) in [5.74, 6) is -0.512. The SMILES string of the molecule is N#Cc1cc(-c2ccc([C@@H]3C[C@H]3n3c(O)c[nH]c3=O)cn2)ccc1F. The van der Waals surface area contributed by atoms with Gasteiger partial charge in [0.15, 0.2) is 0 Å². The van der Waals surface area contributed by atoms with E-state index in [2.05, 4.69) is 9.97 Å². The van der Waals surface area contributed by atoms with Crippen LogP contribution < -0.4 is 5.69 Å². The van der Waals surface area contributed by atoms with E-state index < -0.39 is 5.82 Å². The molecule has 0 bridgehead atoms. The molecule has 2 aromatic heterocycles. The van der Waals surface area contributed by atoms with Gasteiger partial charge >= 0.3 is 5.69 Å². The van der Waals surface area contributed by atoms with E-state index in [1.165, 1.54) is 22.9 Å². The van der Waals surface area contributed by atoms with Gasteiger partial charge < -0.3 is 10.1 Å². The summed E-state index contributed by atoms with van der Waals surface area (Å²) in [7, 11) is 0. The Morgan fingerprint density at radius 1 is 1.36 bits per heavy atom. The van der Waals surface area contributed by atoms with E-state index >= 15 is 0 Å². The number of aromatic amines is 1. The van der Waals surface area contributed by atoms with Crippen molar-refractivity contribution in [1.82, 2.24) is 14.5 Å². The summed E-state index contributed by atoms with van der Waals surface area (Å²) in [6, 6.07) is 9.74. The Morgan fingerprint density at radius 3 is 2.84 bits per heavy atom. The molecule has 2 heterocycles. The van der Waals surface area contributed by atoms with Crippen molar-refractivity contribution >= 4 is 0 Å². The Morgan fingerprint density at radius 2 is 2.20 bits per heavy atom. The number of hydrogen-bond donors (Lipinski definition) is 2. The fraction of sp³-hybridized carbons (Fsp3) is 0.167. The molecular formula is C18H13FN4O2. The van der Waals surface area contributed by atoms with Gasteiger partial charge in [0, 0.05) is 23.7 Å². The average Bonchev–Trinajstić information content (AvgIpc) is 3.34. The van der Waals surface area contributed by atoms with E-state index in [0.717, 1.165) is 12.0 Å². The lowest BCUT2D eigenvalue weighted by Crippen LogP contribution is -2.15. The number of benzene rings is 1. The van der Waals surface area contributed by atoms with Gasteiger partial charge in [0.2, 0.25) is 5.88 Å². The van der Waals surface area contributed by atoms with Crippen LogP contribution in [-0.2, 0) is 0 Å². The van der Waals surface area contributed by atoms with Gasteiger partial charge in [-0.2, -0.15) is 5.26 Å². The average molecular weight is 336 g/mol. The second kappa shape index (κ2) is 5.60. The van der Waals surface area contributed by atoms with Crippen molar-refractivity contribution in [1.29, 1.82) is 5.26 Å². The minimum Gasteiger partial charge on any atom is -0.493 e. The second-order valence-electron chi connectivity index (χ2n) is 6.01. The molecule has 0 amide bonds. The number of halogens is 1. The van der Waals surface area contributed by atoms with Gasteiger partial charge in [0.1, 0.15) is 11.9 Å². The minimum atomic E-state index is -0.555. The zero-order valence-corrected chi connectivity index (χ0v) is 13.0. The van der Waals surface area contributed by atoms with Gasteiger partial charge in [-0.25, -0.2) is 9.18 Å². The predicted molar refractivity (Wildman–Crippen MR) is 87.5 cm³/mol. The molecule has 1 aliphatic carbocycles. The van der Waals surface area contributed by atoms with Crippen molar-refractivity contribution < 1.29 is 9.50 Å². The standard InChI is InChI=1S/C18H13FN4O2/c19-14-3-1-10(5-12(14)7-20)15-4-2-11(8-21-15)13-6-16(13)23-17(24)9-22-18(23)25/h1-5,8-9,13,16,24H,6H2,(H,22,25)/t13-,16+/m0/s1. The Bertz CT molecular complexity index is 1050. The van der Waals surface area contributed by atoms with Crippen molar-refractivity contribution in [3.63, 3.8) is 0 Å². The van der Waals surface area contributed by atoms with Gasteiger partial charge in [-0.15, -0.1) is 0 Å². The normalized spacial score (nSPS) is 18.7. The molecule has 7 heteroatoms. The van der Waals surface area contributed by atoms with E-state index in [-0.39, 0.29) is 29.1 Å². The molecule has 1 fully saturated rings. The zero-order chi connectivity index (χ0) is 17.6. The molecule has 0 aliphatic heterocycles. The number of nitrogens with one attached hydrogen (secondary N) is 1. The van der Waals surface area contributed by atoms with Crippen LogP contribution in [0.15, 0.2) is 47.5 Å². The summed E-state index contributed by atoms with van der Waals surface area (Å²) in [4.78, 5) is 18.5. The molecule has 25 heavy (non-hydrogen) atoms. The summed E-state index contributed by atoms with van der Waals surface area (Å²) in [5.41, 5.74) is 1.91. The maximum atomic E-state index is 13.4. The molecule has 0 saturated heterocycles. The molecule has 1 aromatic carbocycles. The summed E-state index contributed by atoms with van der Waals surface area (Å²) in [6.45, 7) is 0. The molecule has 0 radical (unpaired) electrons. The first-order chi connectivity index (χ1) is 12.1. The number of imidazole rings is 1. The van der Waals surface area contributed by atoms with Crippen LogP contribution in [0.1, 0.15) is 29.5 Å². The molecular weight excluding hydrogens is 323 g/mol. The van der Waals surface area contributed by atoms with Crippen molar-refractivity contribution in [3.05, 3.63) is 70.2 Å². The Hall–Kier alpha value is -3.40. The van der Waals surface area contributed by atoms with Crippen molar-refractivity contribution in [3.8, 4) is 23.2 Å². The van der Waals surface area contributed by atoms with E-state index in [9.17, 15) is 14.3 Å². The quantitative estimate of drug-likeness (QED) is 0.769. The molecule has 3 aromatic rings. The molecule has 2 atom stereocenters. The molecule has 1 saturated carbocycles. The minimum absolute atomic E-state index is 0.0204. The van der Waals surface area contributed by atoms with Crippen molar-refractivity contribution in [2.24, 2.45) is 0 Å². The van der Waals surface area contributed by atoms with Crippen LogP contribution in [0.2, 0.25) is 0 Å². The molecule has 1 aliphatic rings. The molecule has 2 N–H and O–H groups in total. The van der Waals surface area contributed by atoms with Crippen LogP contribution in [0.4, 0.5) is 4.39 Å².